The van der Waals surface area contributed by atoms with Crippen LogP contribution in [0.2, 0.25) is 5.02 Å². The number of halogens is 1. The zero-order valence-electron chi connectivity index (χ0n) is 13.6. The molecule has 0 bridgehead atoms. The number of H-pyrrole nitrogens is 1. The fourth-order valence-corrected chi connectivity index (χ4v) is 2.70. The molecule has 2 aromatic carbocycles. The second kappa shape index (κ2) is 7.01. The lowest BCUT2D eigenvalue weighted by atomic mass is 10.1. The fraction of sp³-hybridized carbons (Fsp3) is 0.105. The average molecular weight is 368 g/mol. The highest BCUT2D eigenvalue weighted by Gasteiger charge is 2.08. The zero-order chi connectivity index (χ0) is 17.9. The van der Waals surface area contributed by atoms with Crippen LogP contribution in [0.15, 0.2) is 63.9 Å². The second-order valence-corrected chi connectivity index (χ2v) is 6.20. The molecule has 0 radical (unpaired) electrons. The minimum Gasteiger partial charge on any atom is -0.484 e. The Morgan fingerprint density at radius 3 is 2.77 bits per heavy atom. The van der Waals surface area contributed by atoms with E-state index in [4.69, 9.17) is 20.9 Å². The number of aromatic amines is 1. The highest BCUT2D eigenvalue weighted by atomic mass is 35.5. The van der Waals surface area contributed by atoms with Crippen molar-refractivity contribution in [3.05, 3.63) is 87.3 Å². The summed E-state index contributed by atoms with van der Waals surface area (Å²) in [7, 11) is 0. The Balaban J connectivity index is 1.42. The molecule has 0 saturated carbocycles. The van der Waals surface area contributed by atoms with Gasteiger partial charge in [-0.1, -0.05) is 28.9 Å². The predicted octanol–water partition coefficient (Wildman–Crippen LogP) is 3.73. The summed E-state index contributed by atoms with van der Waals surface area (Å²) in [5.74, 6) is 1.64. The highest BCUT2D eigenvalue weighted by Crippen LogP contribution is 2.19. The van der Waals surface area contributed by atoms with E-state index in [-0.39, 0.29) is 12.2 Å². The SMILES string of the molecule is O=c1ccc2cc(OCc3nc(Cc4ccc(Cl)cc4)no3)ccc2[nH]1. The lowest BCUT2D eigenvalue weighted by Gasteiger charge is -2.04. The Kier molecular flexibility index (Phi) is 4.41. The van der Waals surface area contributed by atoms with Crippen LogP contribution in [-0.4, -0.2) is 15.1 Å². The Morgan fingerprint density at radius 2 is 1.92 bits per heavy atom. The van der Waals surface area contributed by atoms with Crippen molar-refractivity contribution in [3.63, 3.8) is 0 Å². The van der Waals surface area contributed by atoms with Crippen molar-refractivity contribution in [1.82, 2.24) is 15.1 Å². The summed E-state index contributed by atoms with van der Waals surface area (Å²) in [4.78, 5) is 18.4. The molecule has 0 fully saturated rings. The van der Waals surface area contributed by atoms with Gasteiger partial charge in [0.15, 0.2) is 12.4 Å². The number of ether oxygens (including phenoxy) is 1. The first-order chi connectivity index (χ1) is 12.7. The molecule has 6 nitrogen and oxygen atoms in total. The Labute approximate surface area is 153 Å². The molecule has 7 heteroatoms. The van der Waals surface area contributed by atoms with Crippen LogP contribution in [0.3, 0.4) is 0 Å². The molecule has 0 saturated heterocycles. The van der Waals surface area contributed by atoms with E-state index in [2.05, 4.69) is 15.1 Å². The number of fused-ring (bicyclic) bond motifs is 1. The van der Waals surface area contributed by atoms with E-state index < -0.39 is 0 Å². The van der Waals surface area contributed by atoms with Gasteiger partial charge in [0, 0.05) is 28.4 Å². The maximum atomic E-state index is 11.3. The van der Waals surface area contributed by atoms with Crippen LogP contribution in [0.1, 0.15) is 17.3 Å². The van der Waals surface area contributed by atoms with Crippen molar-refractivity contribution in [2.75, 3.05) is 0 Å². The number of hydrogen-bond acceptors (Lipinski definition) is 5. The van der Waals surface area contributed by atoms with Gasteiger partial charge < -0.3 is 14.2 Å². The molecule has 26 heavy (non-hydrogen) atoms. The van der Waals surface area contributed by atoms with Crippen LogP contribution in [0.25, 0.3) is 10.9 Å². The summed E-state index contributed by atoms with van der Waals surface area (Å²) < 4.78 is 10.9. The maximum Gasteiger partial charge on any atom is 0.264 e. The summed E-state index contributed by atoms with van der Waals surface area (Å²) in [6.07, 6.45) is 0.560. The molecule has 1 N–H and O–H groups in total. The van der Waals surface area contributed by atoms with Crippen LogP contribution in [0.4, 0.5) is 0 Å². The quantitative estimate of drug-likeness (QED) is 0.581. The van der Waals surface area contributed by atoms with Gasteiger partial charge in [0.25, 0.3) is 5.89 Å². The van der Waals surface area contributed by atoms with Crippen molar-refractivity contribution in [3.8, 4) is 5.75 Å². The number of hydrogen-bond donors (Lipinski definition) is 1. The summed E-state index contributed by atoms with van der Waals surface area (Å²) in [6.45, 7) is 0.169. The van der Waals surface area contributed by atoms with E-state index in [1.807, 2.05) is 30.3 Å². The minimum absolute atomic E-state index is 0.134. The first-order valence-corrected chi connectivity index (χ1v) is 8.35. The van der Waals surface area contributed by atoms with Crippen molar-refractivity contribution in [1.29, 1.82) is 0 Å². The van der Waals surface area contributed by atoms with Gasteiger partial charge in [-0.05, 0) is 42.0 Å². The molecule has 0 atom stereocenters. The molecule has 4 rings (SSSR count). The maximum absolute atomic E-state index is 11.3. The van der Waals surface area contributed by atoms with Crippen LogP contribution in [0.5, 0.6) is 5.75 Å². The molecule has 0 aliphatic heterocycles. The van der Waals surface area contributed by atoms with E-state index in [9.17, 15) is 4.79 Å². The smallest absolute Gasteiger partial charge is 0.264 e. The first-order valence-electron chi connectivity index (χ1n) is 7.97. The number of aromatic nitrogens is 3. The predicted molar refractivity (Wildman–Crippen MR) is 97.5 cm³/mol. The highest BCUT2D eigenvalue weighted by molar-refractivity contribution is 6.30. The van der Waals surface area contributed by atoms with E-state index in [0.717, 1.165) is 16.5 Å². The van der Waals surface area contributed by atoms with E-state index >= 15 is 0 Å². The molecule has 2 aromatic heterocycles. The topological polar surface area (TPSA) is 81.0 Å². The van der Waals surface area contributed by atoms with Gasteiger partial charge in [-0.15, -0.1) is 0 Å². The third kappa shape index (κ3) is 3.75. The van der Waals surface area contributed by atoms with E-state index in [1.165, 1.54) is 6.07 Å². The van der Waals surface area contributed by atoms with Crippen LogP contribution >= 0.6 is 11.6 Å². The zero-order valence-corrected chi connectivity index (χ0v) is 14.4. The minimum atomic E-state index is -0.134. The monoisotopic (exact) mass is 367 g/mol. The van der Waals surface area contributed by atoms with Crippen molar-refractivity contribution in [2.45, 2.75) is 13.0 Å². The third-order valence-corrected chi connectivity index (χ3v) is 4.10. The molecule has 0 amide bonds. The molecule has 0 aliphatic rings. The number of nitrogens with one attached hydrogen (secondary N) is 1. The van der Waals surface area contributed by atoms with Crippen molar-refractivity contribution >= 4 is 22.5 Å². The molecule has 130 valence electrons. The lowest BCUT2D eigenvalue weighted by molar-refractivity contribution is 0.242. The Bertz CT molecular complexity index is 1100. The summed E-state index contributed by atoms with van der Waals surface area (Å²) in [5, 5.41) is 5.54. The van der Waals surface area contributed by atoms with Gasteiger partial charge in [0.1, 0.15) is 5.75 Å². The van der Waals surface area contributed by atoms with Crippen molar-refractivity contribution < 1.29 is 9.26 Å². The second-order valence-electron chi connectivity index (χ2n) is 5.77. The number of nitrogens with zero attached hydrogens (tertiary/aromatic N) is 2. The molecular weight excluding hydrogens is 354 g/mol. The van der Waals surface area contributed by atoms with Gasteiger partial charge in [0.2, 0.25) is 5.56 Å². The van der Waals surface area contributed by atoms with Crippen molar-refractivity contribution in [2.24, 2.45) is 0 Å². The van der Waals surface area contributed by atoms with Crippen LogP contribution in [-0.2, 0) is 13.0 Å². The summed E-state index contributed by atoms with van der Waals surface area (Å²) >= 11 is 5.88. The standard InChI is InChI=1S/C19H14ClN3O3/c20-14-4-1-12(2-5-14)9-17-22-19(26-23-17)11-25-15-6-7-16-13(10-15)3-8-18(24)21-16/h1-8,10H,9,11H2,(H,21,24). The normalized spacial score (nSPS) is 11.0. The van der Waals surface area contributed by atoms with Gasteiger partial charge in [0.05, 0.1) is 0 Å². The summed E-state index contributed by atoms with van der Waals surface area (Å²) in [5.41, 5.74) is 1.67. The van der Waals surface area contributed by atoms with Gasteiger partial charge in [-0.25, -0.2) is 0 Å². The Morgan fingerprint density at radius 1 is 1.08 bits per heavy atom. The summed E-state index contributed by atoms with van der Waals surface area (Å²) in [6, 6.07) is 16.2. The number of benzene rings is 2. The van der Waals surface area contributed by atoms with Crippen LogP contribution in [0, 0.1) is 0 Å². The van der Waals surface area contributed by atoms with Gasteiger partial charge in [-0.2, -0.15) is 4.98 Å². The number of pyridine rings is 1. The van der Waals surface area contributed by atoms with E-state index in [0.29, 0.717) is 28.9 Å². The van der Waals surface area contributed by atoms with Gasteiger partial charge in [-0.3, -0.25) is 4.79 Å². The number of rotatable bonds is 5. The van der Waals surface area contributed by atoms with Gasteiger partial charge >= 0.3 is 0 Å². The molecule has 4 aromatic rings. The average Bonchev–Trinajstić information content (AvgIpc) is 3.09. The molecular formula is C19H14ClN3O3. The van der Waals surface area contributed by atoms with Crippen LogP contribution < -0.4 is 10.3 Å². The third-order valence-electron chi connectivity index (χ3n) is 3.84. The first kappa shape index (κ1) is 16.4. The molecule has 2 heterocycles. The largest absolute Gasteiger partial charge is 0.484 e. The lowest BCUT2D eigenvalue weighted by Crippen LogP contribution is -2.02. The molecule has 0 aliphatic carbocycles. The Hall–Kier alpha value is -3.12. The molecule has 0 unspecified atom stereocenters. The fourth-order valence-electron chi connectivity index (χ4n) is 2.57. The molecule has 0 spiro atoms. The van der Waals surface area contributed by atoms with E-state index in [1.54, 1.807) is 18.2 Å².